The number of nitrogens with two attached hydrogens (primary N) is 1. The van der Waals surface area contributed by atoms with E-state index in [0.717, 1.165) is 13.0 Å². The third-order valence-electron chi connectivity index (χ3n) is 2.98. The summed E-state index contributed by atoms with van der Waals surface area (Å²) < 4.78 is 13.4. The molecule has 0 bridgehead atoms. The number of amidine groups is 1. The quantitative estimate of drug-likeness (QED) is 0.196. The average molecular weight is 328 g/mol. The molecule has 2 N–H and O–H groups in total. The molecule has 0 spiro atoms. The van der Waals surface area contributed by atoms with Crippen LogP contribution in [0.4, 0.5) is 4.39 Å². The first kappa shape index (κ1) is 17.9. The summed E-state index contributed by atoms with van der Waals surface area (Å²) in [5.41, 5.74) is 2.83. The van der Waals surface area contributed by atoms with Crippen molar-refractivity contribution in [1.29, 1.82) is 0 Å². The third-order valence-corrected chi connectivity index (χ3v) is 2.98. The minimum Gasteiger partial charge on any atom is -0.380 e. The summed E-state index contributed by atoms with van der Waals surface area (Å²) in [7, 11) is 0. The van der Waals surface area contributed by atoms with Crippen LogP contribution in [0.25, 0.3) is 0 Å². The molecule has 0 radical (unpaired) electrons. The molecular formula is C12H13FN4O6. The molecule has 0 aliphatic carbocycles. The van der Waals surface area contributed by atoms with Gasteiger partial charge in [-0.15, -0.1) is 0 Å². The average Bonchev–Trinajstić information content (AvgIpc) is 2.50. The van der Waals surface area contributed by atoms with Crippen molar-refractivity contribution in [2.24, 2.45) is 10.9 Å². The first-order valence-electron chi connectivity index (χ1n) is 6.25. The van der Waals surface area contributed by atoms with Crippen LogP contribution >= 0.6 is 0 Å². The van der Waals surface area contributed by atoms with E-state index in [1.807, 2.05) is 0 Å². The molecule has 1 aromatic carbocycles. The van der Waals surface area contributed by atoms with E-state index >= 15 is 0 Å². The standard InChI is InChI=1S/C12H13FN4O6/c1-12(16(19)20,17(21)22)7-6-10(18)23-15-11(14)8-4-2-3-5-9(8)13/h2-5H,6-7H2,1H3,(H2,14,15). The second kappa shape index (κ2) is 7.24. The van der Waals surface area contributed by atoms with Gasteiger partial charge in [-0.1, -0.05) is 17.3 Å². The highest BCUT2D eigenvalue weighted by Gasteiger charge is 2.50. The highest BCUT2D eigenvalue weighted by molar-refractivity contribution is 5.97. The predicted molar refractivity (Wildman–Crippen MR) is 74.8 cm³/mol. The van der Waals surface area contributed by atoms with Gasteiger partial charge < -0.3 is 10.6 Å². The van der Waals surface area contributed by atoms with Crippen LogP contribution in [-0.2, 0) is 9.63 Å². The Morgan fingerprint density at radius 3 is 2.43 bits per heavy atom. The fourth-order valence-electron chi connectivity index (χ4n) is 1.45. The topological polar surface area (TPSA) is 151 Å². The van der Waals surface area contributed by atoms with Gasteiger partial charge in [0.2, 0.25) is 0 Å². The van der Waals surface area contributed by atoms with Gasteiger partial charge in [0.25, 0.3) is 0 Å². The molecule has 0 unspecified atom stereocenters. The third kappa shape index (κ3) is 4.43. The number of oxime groups is 1. The zero-order valence-electron chi connectivity index (χ0n) is 12.0. The van der Waals surface area contributed by atoms with E-state index in [1.54, 1.807) is 0 Å². The van der Waals surface area contributed by atoms with Gasteiger partial charge in [0, 0.05) is 0 Å². The Balaban J connectivity index is 2.67. The summed E-state index contributed by atoms with van der Waals surface area (Å²) in [6.07, 6.45) is -1.33. The molecule has 11 heteroatoms. The van der Waals surface area contributed by atoms with E-state index < -0.39 is 46.0 Å². The highest BCUT2D eigenvalue weighted by atomic mass is 19.1. The van der Waals surface area contributed by atoms with Crippen LogP contribution in [0.3, 0.4) is 0 Å². The van der Waals surface area contributed by atoms with Gasteiger partial charge in [0.1, 0.15) is 5.82 Å². The number of benzene rings is 1. The zero-order valence-corrected chi connectivity index (χ0v) is 12.0. The zero-order chi connectivity index (χ0) is 17.6. The van der Waals surface area contributed by atoms with Gasteiger partial charge in [-0.2, -0.15) is 0 Å². The SMILES string of the molecule is CC(CCC(=O)O/N=C(\N)c1ccccc1F)([N+](=O)[O-])[N+](=O)[O-]. The normalized spacial score (nSPS) is 11.8. The van der Waals surface area contributed by atoms with Crippen LogP contribution in [0, 0.1) is 26.0 Å². The lowest BCUT2D eigenvalue weighted by Gasteiger charge is -2.11. The number of nitrogens with zero attached hydrogens (tertiary/aromatic N) is 3. The second-order valence-electron chi connectivity index (χ2n) is 4.65. The van der Waals surface area contributed by atoms with Gasteiger partial charge in [-0.05, 0) is 12.1 Å². The molecular weight excluding hydrogens is 315 g/mol. The van der Waals surface area contributed by atoms with E-state index in [2.05, 4.69) is 9.99 Å². The summed E-state index contributed by atoms with van der Waals surface area (Å²) in [5.74, 6) is -2.17. The van der Waals surface area contributed by atoms with Crippen molar-refractivity contribution in [3.63, 3.8) is 0 Å². The molecule has 10 nitrogen and oxygen atoms in total. The Morgan fingerprint density at radius 1 is 1.35 bits per heavy atom. The smallest absolute Gasteiger partial charge is 0.380 e. The Bertz CT molecular complexity index is 649. The summed E-state index contributed by atoms with van der Waals surface area (Å²) in [5, 5.41) is 24.6. The van der Waals surface area contributed by atoms with Crippen molar-refractivity contribution in [3.05, 3.63) is 55.9 Å². The van der Waals surface area contributed by atoms with E-state index in [4.69, 9.17) is 5.73 Å². The van der Waals surface area contributed by atoms with Crippen molar-refractivity contribution in [2.75, 3.05) is 0 Å². The van der Waals surface area contributed by atoms with E-state index in [-0.39, 0.29) is 5.56 Å². The lowest BCUT2D eigenvalue weighted by atomic mass is 10.1. The molecule has 0 aliphatic rings. The molecule has 0 saturated heterocycles. The molecule has 23 heavy (non-hydrogen) atoms. The molecule has 0 saturated carbocycles. The summed E-state index contributed by atoms with van der Waals surface area (Å²) in [6, 6.07) is 5.34. The van der Waals surface area contributed by atoms with Crippen LogP contribution in [-0.4, -0.2) is 27.3 Å². The molecule has 0 amide bonds. The molecule has 1 aromatic rings. The molecule has 0 aliphatic heterocycles. The number of nitro groups is 2. The van der Waals surface area contributed by atoms with Crippen molar-refractivity contribution >= 4 is 11.8 Å². The lowest BCUT2D eigenvalue weighted by Crippen LogP contribution is -2.43. The van der Waals surface area contributed by atoms with Crippen molar-refractivity contribution < 1.29 is 23.9 Å². The van der Waals surface area contributed by atoms with Crippen molar-refractivity contribution in [3.8, 4) is 0 Å². The maximum absolute atomic E-state index is 13.4. The Hall–Kier alpha value is -3.11. The predicted octanol–water partition coefficient (Wildman–Crippen LogP) is 1.04. The van der Waals surface area contributed by atoms with Crippen molar-refractivity contribution in [1.82, 2.24) is 0 Å². The molecule has 0 atom stereocenters. The Morgan fingerprint density at radius 2 is 1.91 bits per heavy atom. The Labute approximate surface area is 129 Å². The van der Waals surface area contributed by atoms with Crippen molar-refractivity contribution in [2.45, 2.75) is 25.4 Å². The monoisotopic (exact) mass is 328 g/mol. The summed E-state index contributed by atoms with van der Waals surface area (Å²) in [6.45, 7) is 0.775. The van der Waals surface area contributed by atoms with Gasteiger partial charge in [0.05, 0.1) is 35.2 Å². The molecule has 0 aromatic heterocycles. The number of halogens is 1. The maximum atomic E-state index is 13.4. The first-order chi connectivity index (χ1) is 10.7. The van der Waals surface area contributed by atoms with Gasteiger partial charge in [-0.3, -0.25) is 20.2 Å². The maximum Gasteiger partial charge on any atom is 0.456 e. The van der Waals surface area contributed by atoms with Crippen LogP contribution in [0.5, 0.6) is 0 Å². The number of carbonyl (C=O) groups is 1. The number of carbonyl (C=O) groups excluding carboxylic acids is 1. The Kier molecular flexibility index (Phi) is 5.65. The summed E-state index contributed by atoms with van der Waals surface area (Å²) >= 11 is 0. The molecule has 0 fully saturated rings. The van der Waals surface area contributed by atoms with E-state index in [0.29, 0.717) is 0 Å². The van der Waals surface area contributed by atoms with Crippen LogP contribution in [0.15, 0.2) is 29.4 Å². The van der Waals surface area contributed by atoms with Crippen LogP contribution in [0.1, 0.15) is 25.3 Å². The highest BCUT2D eigenvalue weighted by Crippen LogP contribution is 2.17. The van der Waals surface area contributed by atoms with E-state index in [9.17, 15) is 29.4 Å². The fourth-order valence-corrected chi connectivity index (χ4v) is 1.45. The van der Waals surface area contributed by atoms with Crippen LogP contribution < -0.4 is 5.73 Å². The molecule has 1 rings (SSSR count). The van der Waals surface area contributed by atoms with Crippen LogP contribution in [0.2, 0.25) is 0 Å². The second-order valence-corrected chi connectivity index (χ2v) is 4.65. The first-order valence-corrected chi connectivity index (χ1v) is 6.25. The minimum absolute atomic E-state index is 0.0966. The number of hydrogen-bond acceptors (Lipinski definition) is 7. The number of hydrogen-bond donors (Lipinski definition) is 1. The molecule has 124 valence electrons. The fraction of sp³-hybridized carbons (Fsp3) is 0.333. The van der Waals surface area contributed by atoms with Gasteiger partial charge in [0.15, 0.2) is 5.84 Å². The lowest BCUT2D eigenvalue weighted by molar-refractivity contribution is -0.792. The number of rotatable bonds is 7. The van der Waals surface area contributed by atoms with Gasteiger partial charge in [-0.25, -0.2) is 9.18 Å². The van der Waals surface area contributed by atoms with Gasteiger partial charge >= 0.3 is 11.6 Å². The molecule has 0 heterocycles. The minimum atomic E-state index is -2.51. The largest absolute Gasteiger partial charge is 0.456 e. The van der Waals surface area contributed by atoms with E-state index in [1.165, 1.54) is 18.2 Å². The summed E-state index contributed by atoms with van der Waals surface area (Å²) in [4.78, 5) is 35.0.